The monoisotopic (exact) mass is 289 g/mol. The van der Waals surface area contributed by atoms with Crippen LogP contribution >= 0.6 is 0 Å². The standard InChI is InChI=1S/C19H15NO2/c21-18-15-7-3-4-8-16(15)19(20(18)11-12-22-19)17-10-9-13-5-1-2-6-14(13)17/h1-8,10H,9,11-12H2. The fourth-order valence-electron chi connectivity index (χ4n) is 4.07. The maximum Gasteiger partial charge on any atom is 0.257 e. The van der Waals surface area contributed by atoms with Crippen LogP contribution in [0.1, 0.15) is 27.0 Å². The first kappa shape index (κ1) is 12.2. The van der Waals surface area contributed by atoms with E-state index in [1.165, 1.54) is 11.1 Å². The second-order valence-electron chi connectivity index (χ2n) is 5.97. The number of carbonyl (C=O) groups is 1. The minimum absolute atomic E-state index is 0.0818. The first-order valence-corrected chi connectivity index (χ1v) is 7.67. The molecule has 3 heteroatoms. The van der Waals surface area contributed by atoms with E-state index < -0.39 is 5.72 Å². The summed E-state index contributed by atoms with van der Waals surface area (Å²) in [7, 11) is 0. The summed E-state index contributed by atoms with van der Waals surface area (Å²) in [6.07, 6.45) is 3.12. The number of ether oxygens (including phenoxy) is 1. The molecule has 2 aromatic carbocycles. The molecule has 3 nitrogen and oxygen atoms in total. The van der Waals surface area contributed by atoms with Crippen LogP contribution in [-0.4, -0.2) is 24.0 Å². The maximum absolute atomic E-state index is 12.8. The van der Waals surface area contributed by atoms with E-state index in [1.54, 1.807) is 0 Å². The van der Waals surface area contributed by atoms with Gasteiger partial charge < -0.3 is 4.74 Å². The maximum atomic E-state index is 12.8. The molecule has 1 unspecified atom stereocenters. The lowest BCUT2D eigenvalue weighted by atomic mass is 9.90. The van der Waals surface area contributed by atoms with E-state index in [1.807, 2.05) is 29.2 Å². The average Bonchev–Trinajstić information content (AvgIpc) is 3.23. The van der Waals surface area contributed by atoms with Crippen molar-refractivity contribution in [1.82, 2.24) is 4.90 Å². The van der Waals surface area contributed by atoms with Crippen LogP contribution in [-0.2, 0) is 16.9 Å². The Kier molecular flexibility index (Phi) is 2.26. The summed E-state index contributed by atoms with van der Waals surface area (Å²) in [4.78, 5) is 14.7. The molecule has 2 aliphatic heterocycles. The second kappa shape index (κ2) is 4.08. The van der Waals surface area contributed by atoms with Crippen molar-refractivity contribution in [2.45, 2.75) is 12.1 Å². The number of benzene rings is 2. The van der Waals surface area contributed by atoms with Gasteiger partial charge in [-0.1, -0.05) is 48.5 Å². The Morgan fingerprint density at radius 1 is 1.00 bits per heavy atom. The van der Waals surface area contributed by atoms with Gasteiger partial charge in [0.05, 0.1) is 6.61 Å². The third kappa shape index (κ3) is 1.28. The average molecular weight is 289 g/mol. The zero-order valence-corrected chi connectivity index (χ0v) is 12.1. The lowest BCUT2D eigenvalue weighted by Gasteiger charge is -2.33. The molecule has 0 N–H and O–H groups in total. The normalized spacial score (nSPS) is 25.0. The predicted molar refractivity (Wildman–Crippen MR) is 83.2 cm³/mol. The predicted octanol–water partition coefficient (Wildman–Crippen LogP) is 2.97. The first-order valence-electron chi connectivity index (χ1n) is 7.67. The van der Waals surface area contributed by atoms with Crippen LogP contribution in [0.2, 0.25) is 0 Å². The Morgan fingerprint density at radius 3 is 2.68 bits per heavy atom. The molecule has 1 aliphatic carbocycles. The Balaban J connectivity index is 1.78. The van der Waals surface area contributed by atoms with Crippen LogP contribution in [0.4, 0.5) is 0 Å². The number of allylic oxidation sites excluding steroid dienone is 1. The van der Waals surface area contributed by atoms with Crippen molar-refractivity contribution in [1.29, 1.82) is 0 Å². The number of carbonyl (C=O) groups excluding carboxylic acids is 1. The zero-order chi connectivity index (χ0) is 14.7. The molecule has 0 saturated carbocycles. The second-order valence-corrected chi connectivity index (χ2v) is 5.97. The van der Waals surface area contributed by atoms with Crippen molar-refractivity contribution >= 4 is 11.5 Å². The van der Waals surface area contributed by atoms with Crippen LogP contribution in [0.15, 0.2) is 54.6 Å². The summed E-state index contributed by atoms with van der Waals surface area (Å²) in [5.74, 6) is 0.0818. The molecule has 1 saturated heterocycles. The number of amides is 1. The van der Waals surface area contributed by atoms with Gasteiger partial charge in [-0.15, -0.1) is 0 Å². The zero-order valence-electron chi connectivity index (χ0n) is 12.1. The van der Waals surface area contributed by atoms with Crippen LogP contribution < -0.4 is 0 Å². The Hall–Kier alpha value is -2.39. The molecule has 1 amide bonds. The number of hydrogen-bond acceptors (Lipinski definition) is 2. The van der Waals surface area contributed by atoms with Crippen molar-refractivity contribution in [3.05, 3.63) is 76.9 Å². The third-order valence-corrected chi connectivity index (χ3v) is 4.97. The van der Waals surface area contributed by atoms with E-state index in [2.05, 4.69) is 30.3 Å². The van der Waals surface area contributed by atoms with E-state index in [4.69, 9.17) is 4.74 Å². The van der Waals surface area contributed by atoms with Gasteiger partial charge in [-0.2, -0.15) is 0 Å². The lowest BCUT2D eigenvalue weighted by Crippen LogP contribution is -2.40. The van der Waals surface area contributed by atoms with E-state index >= 15 is 0 Å². The van der Waals surface area contributed by atoms with Crippen LogP contribution in [0.5, 0.6) is 0 Å². The van der Waals surface area contributed by atoms with Gasteiger partial charge in [0.15, 0.2) is 5.72 Å². The summed E-state index contributed by atoms with van der Waals surface area (Å²) < 4.78 is 6.24. The van der Waals surface area contributed by atoms with E-state index in [-0.39, 0.29) is 5.91 Å². The highest BCUT2D eigenvalue weighted by Gasteiger charge is 2.57. The van der Waals surface area contributed by atoms with Gasteiger partial charge >= 0.3 is 0 Å². The smallest absolute Gasteiger partial charge is 0.257 e. The minimum atomic E-state index is -0.722. The van der Waals surface area contributed by atoms with Gasteiger partial charge in [0.2, 0.25) is 0 Å². The Labute approximate surface area is 128 Å². The summed E-state index contributed by atoms with van der Waals surface area (Å²) >= 11 is 0. The van der Waals surface area contributed by atoms with Crippen molar-refractivity contribution in [2.75, 3.05) is 13.2 Å². The molecule has 2 aromatic rings. The highest BCUT2D eigenvalue weighted by atomic mass is 16.5. The molecule has 0 spiro atoms. The van der Waals surface area contributed by atoms with Gasteiger partial charge in [-0.05, 0) is 23.6 Å². The molecule has 22 heavy (non-hydrogen) atoms. The van der Waals surface area contributed by atoms with Gasteiger partial charge in [-0.3, -0.25) is 9.69 Å². The molecule has 0 aromatic heterocycles. The SMILES string of the molecule is O=C1c2ccccc2C2(C3=CCc4ccccc43)OCCN12. The molecular formula is C19H15NO2. The van der Waals surface area contributed by atoms with Crippen molar-refractivity contribution < 1.29 is 9.53 Å². The molecule has 2 heterocycles. The first-order chi connectivity index (χ1) is 10.8. The summed E-state index contributed by atoms with van der Waals surface area (Å²) in [6.45, 7) is 1.23. The third-order valence-electron chi connectivity index (χ3n) is 4.97. The molecule has 0 bridgehead atoms. The Morgan fingerprint density at radius 2 is 1.77 bits per heavy atom. The van der Waals surface area contributed by atoms with Crippen molar-refractivity contribution in [3.63, 3.8) is 0 Å². The number of nitrogens with zero attached hydrogens (tertiary/aromatic N) is 1. The van der Waals surface area contributed by atoms with Crippen LogP contribution in [0.25, 0.3) is 5.57 Å². The van der Waals surface area contributed by atoms with Gasteiger partial charge in [-0.25, -0.2) is 0 Å². The fourth-order valence-corrected chi connectivity index (χ4v) is 4.07. The summed E-state index contributed by atoms with van der Waals surface area (Å²) in [6, 6.07) is 16.2. The number of hydrogen-bond donors (Lipinski definition) is 0. The van der Waals surface area contributed by atoms with Crippen LogP contribution in [0, 0.1) is 0 Å². The van der Waals surface area contributed by atoms with Crippen LogP contribution in [0.3, 0.4) is 0 Å². The topological polar surface area (TPSA) is 29.5 Å². The molecule has 0 radical (unpaired) electrons. The number of fused-ring (bicyclic) bond motifs is 4. The Bertz CT molecular complexity index is 839. The van der Waals surface area contributed by atoms with E-state index in [0.29, 0.717) is 13.2 Å². The highest BCUT2D eigenvalue weighted by Crippen LogP contribution is 2.53. The molecular weight excluding hydrogens is 274 g/mol. The molecule has 3 aliphatic rings. The largest absolute Gasteiger partial charge is 0.345 e. The van der Waals surface area contributed by atoms with E-state index in [9.17, 15) is 4.79 Å². The summed E-state index contributed by atoms with van der Waals surface area (Å²) in [5.41, 5.74) is 4.67. The van der Waals surface area contributed by atoms with E-state index in [0.717, 1.165) is 23.1 Å². The lowest BCUT2D eigenvalue weighted by molar-refractivity contribution is -0.0152. The van der Waals surface area contributed by atoms with Crippen molar-refractivity contribution in [3.8, 4) is 0 Å². The minimum Gasteiger partial charge on any atom is -0.345 e. The summed E-state index contributed by atoms with van der Waals surface area (Å²) in [5, 5.41) is 0. The highest BCUT2D eigenvalue weighted by molar-refractivity contribution is 6.03. The molecule has 108 valence electrons. The van der Waals surface area contributed by atoms with Gasteiger partial charge in [0.1, 0.15) is 0 Å². The van der Waals surface area contributed by atoms with Gasteiger partial charge in [0.25, 0.3) is 5.91 Å². The quantitative estimate of drug-likeness (QED) is 0.808. The molecule has 1 atom stereocenters. The molecule has 5 rings (SSSR count). The fraction of sp³-hybridized carbons (Fsp3) is 0.211. The number of rotatable bonds is 1. The van der Waals surface area contributed by atoms with Crippen molar-refractivity contribution in [2.24, 2.45) is 0 Å². The molecule has 1 fully saturated rings. The van der Waals surface area contributed by atoms with Gasteiger partial charge in [0, 0.05) is 23.2 Å².